The molecular weight excluding hydrogens is 347 g/mol. The molecule has 0 spiro atoms. The first-order chi connectivity index (χ1) is 12.1. The number of halogens is 2. The van der Waals surface area contributed by atoms with E-state index < -0.39 is 0 Å². The summed E-state index contributed by atoms with van der Waals surface area (Å²) in [5.41, 5.74) is 5.75. The van der Waals surface area contributed by atoms with Crippen LogP contribution >= 0.6 is 23.2 Å². The third-order valence-electron chi connectivity index (χ3n) is 4.61. The lowest BCUT2D eigenvalue weighted by molar-refractivity contribution is 1.28. The second-order valence-corrected chi connectivity index (χ2v) is 7.06. The van der Waals surface area contributed by atoms with Crippen LogP contribution in [-0.4, -0.2) is 0 Å². The van der Waals surface area contributed by atoms with Gasteiger partial charge in [-0.1, -0.05) is 89.4 Å². The minimum atomic E-state index is 0.617. The van der Waals surface area contributed by atoms with Gasteiger partial charge in [-0.05, 0) is 53.5 Å². The molecule has 0 bridgehead atoms. The van der Waals surface area contributed by atoms with E-state index in [-0.39, 0.29) is 0 Å². The highest BCUT2D eigenvalue weighted by Crippen LogP contribution is 2.42. The Labute approximate surface area is 158 Å². The predicted octanol–water partition coefficient (Wildman–Crippen LogP) is 7.53. The Morgan fingerprint density at radius 1 is 0.840 bits per heavy atom. The SMILES string of the molecule is Cc1ccc(C2=C(c3cc4ccccc4c(Cl)c3Cl)[CH]CC=C2)cc1. The molecule has 123 valence electrons. The summed E-state index contributed by atoms with van der Waals surface area (Å²) >= 11 is 13.3. The Morgan fingerprint density at radius 3 is 2.40 bits per heavy atom. The van der Waals surface area contributed by atoms with Crippen molar-refractivity contribution in [3.63, 3.8) is 0 Å². The van der Waals surface area contributed by atoms with Crippen LogP contribution < -0.4 is 0 Å². The summed E-state index contributed by atoms with van der Waals surface area (Å²) in [6, 6.07) is 18.8. The fourth-order valence-electron chi connectivity index (χ4n) is 3.29. The molecule has 0 aromatic heterocycles. The summed E-state index contributed by atoms with van der Waals surface area (Å²) in [6.45, 7) is 2.10. The molecule has 3 aromatic rings. The molecule has 0 amide bonds. The number of hydrogen-bond acceptors (Lipinski definition) is 0. The zero-order valence-electron chi connectivity index (χ0n) is 13.9. The van der Waals surface area contributed by atoms with Gasteiger partial charge in [0.15, 0.2) is 0 Å². The van der Waals surface area contributed by atoms with Crippen molar-refractivity contribution in [2.45, 2.75) is 13.3 Å². The Morgan fingerprint density at radius 2 is 1.60 bits per heavy atom. The number of allylic oxidation sites excluding steroid dienone is 4. The Kier molecular flexibility index (Phi) is 4.41. The topological polar surface area (TPSA) is 0 Å². The van der Waals surface area contributed by atoms with Crippen LogP contribution in [0.1, 0.15) is 23.1 Å². The first-order valence-electron chi connectivity index (χ1n) is 8.33. The predicted molar refractivity (Wildman–Crippen MR) is 110 cm³/mol. The van der Waals surface area contributed by atoms with Crippen molar-refractivity contribution >= 4 is 45.1 Å². The van der Waals surface area contributed by atoms with E-state index in [4.69, 9.17) is 23.2 Å². The average molecular weight is 364 g/mol. The highest BCUT2D eigenvalue weighted by atomic mass is 35.5. The number of hydrogen-bond donors (Lipinski definition) is 0. The monoisotopic (exact) mass is 363 g/mol. The maximum atomic E-state index is 6.67. The van der Waals surface area contributed by atoms with Gasteiger partial charge in [-0.2, -0.15) is 0 Å². The zero-order valence-corrected chi connectivity index (χ0v) is 15.4. The van der Waals surface area contributed by atoms with Gasteiger partial charge >= 0.3 is 0 Å². The highest BCUT2D eigenvalue weighted by molar-refractivity contribution is 6.46. The van der Waals surface area contributed by atoms with Crippen molar-refractivity contribution in [1.82, 2.24) is 0 Å². The molecule has 0 saturated heterocycles. The molecule has 2 heteroatoms. The summed E-state index contributed by atoms with van der Waals surface area (Å²) in [7, 11) is 0. The lowest BCUT2D eigenvalue weighted by Crippen LogP contribution is -1.97. The lowest BCUT2D eigenvalue weighted by atomic mass is 9.87. The molecule has 0 N–H and O–H groups in total. The van der Waals surface area contributed by atoms with E-state index in [0.29, 0.717) is 10.0 Å². The van der Waals surface area contributed by atoms with Crippen molar-refractivity contribution in [1.29, 1.82) is 0 Å². The Balaban J connectivity index is 1.97. The van der Waals surface area contributed by atoms with Crippen LogP contribution in [0.5, 0.6) is 0 Å². The highest BCUT2D eigenvalue weighted by Gasteiger charge is 2.18. The molecule has 3 aromatic carbocycles. The molecule has 0 heterocycles. The van der Waals surface area contributed by atoms with Crippen molar-refractivity contribution in [3.05, 3.63) is 99.9 Å². The summed E-state index contributed by atoms with van der Waals surface area (Å²) < 4.78 is 0. The molecule has 0 aliphatic heterocycles. The van der Waals surface area contributed by atoms with Crippen molar-refractivity contribution in [2.24, 2.45) is 0 Å². The average Bonchev–Trinajstić information content (AvgIpc) is 2.65. The molecule has 0 nitrogen and oxygen atoms in total. The smallest absolute Gasteiger partial charge is 0.0676 e. The van der Waals surface area contributed by atoms with Crippen molar-refractivity contribution < 1.29 is 0 Å². The van der Waals surface area contributed by atoms with Gasteiger partial charge < -0.3 is 0 Å². The molecule has 0 atom stereocenters. The fourth-order valence-corrected chi connectivity index (χ4v) is 3.82. The molecule has 0 unspecified atom stereocenters. The van der Waals surface area contributed by atoms with E-state index in [2.05, 4.69) is 61.9 Å². The lowest BCUT2D eigenvalue weighted by Gasteiger charge is -2.19. The van der Waals surface area contributed by atoms with E-state index in [1.165, 1.54) is 16.7 Å². The van der Waals surface area contributed by atoms with Gasteiger partial charge in [-0.15, -0.1) is 0 Å². The first kappa shape index (κ1) is 16.4. The maximum Gasteiger partial charge on any atom is 0.0676 e. The molecule has 0 fully saturated rings. The minimum absolute atomic E-state index is 0.617. The number of aryl methyl sites for hydroxylation is 1. The van der Waals surface area contributed by atoms with Gasteiger partial charge in [0.2, 0.25) is 0 Å². The van der Waals surface area contributed by atoms with Gasteiger partial charge in [-0.3, -0.25) is 0 Å². The minimum Gasteiger partial charge on any atom is -0.0833 e. The summed E-state index contributed by atoms with van der Waals surface area (Å²) in [4.78, 5) is 0. The summed E-state index contributed by atoms with van der Waals surface area (Å²) in [5, 5.41) is 3.33. The van der Waals surface area contributed by atoms with E-state index in [9.17, 15) is 0 Å². The molecule has 0 saturated carbocycles. The van der Waals surface area contributed by atoms with E-state index in [1.807, 2.05) is 18.2 Å². The number of benzene rings is 3. The largest absolute Gasteiger partial charge is 0.0833 e. The Bertz CT molecular complexity index is 1010. The van der Waals surface area contributed by atoms with E-state index in [1.54, 1.807) is 0 Å². The maximum absolute atomic E-state index is 6.67. The summed E-state index contributed by atoms with van der Waals surface area (Å²) in [5.74, 6) is 0. The van der Waals surface area contributed by atoms with E-state index in [0.717, 1.165) is 28.3 Å². The second-order valence-electron chi connectivity index (χ2n) is 6.31. The molecule has 1 radical (unpaired) electrons. The van der Waals surface area contributed by atoms with Crippen LogP contribution in [0, 0.1) is 13.3 Å². The van der Waals surface area contributed by atoms with Gasteiger partial charge in [0.1, 0.15) is 0 Å². The van der Waals surface area contributed by atoms with Gasteiger partial charge in [0, 0.05) is 5.39 Å². The number of rotatable bonds is 2. The van der Waals surface area contributed by atoms with Crippen molar-refractivity contribution in [2.75, 3.05) is 0 Å². The first-order valence-corrected chi connectivity index (χ1v) is 9.09. The Hall–Kier alpha value is -2.02. The van der Waals surface area contributed by atoms with E-state index >= 15 is 0 Å². The summed E-state index contributed by atoms with van der Waals surface area (Å²) in [6.07, 6.45) is 7.47. The molecule has 1 aliphatic rings. The molecule has 4 rings (SSSR count). The van der Waals surface area contributed by atoms with Crippen LogP contribution in [0.25, 0.3) is 21.9 Å². The van der Waals surface area contributed by atoms with Crippen molar-refractivity contribution in [3.8, 4) is 0 Å². The second kappa shape index (κ2) is 6.71. The van der Waals surface area contributed by atoms with Gasteiger partial charge in [-0.25, -0.2) is 0 Å². The molecule has 1 aliphatic carbocycles. The van der Waals surface area contributed by atoms with Crippen LogP contribution in [0.15, 0.2) is 66.7 Å². The quantitative estimate of drug-likeness (QED) is 0.441. The number of fused-ring (bicyclic) bond motifs is 1. The normalized spacial score (nSPS) is 14.4. The van der Waals surface area contributed by atoms with Crippen LogP contribution in [0.3, 0.4) is 0 Å². The fraction of sp³-hybridized carbons (Fsp3) is 0.0870. The molecule has 25 heavy (non-hydrogen) atoms. The molecular formula is C23H17Cl2. The third-order valence-corrected chi connectivity index (χ3v) is 5.49. The van der Waals surface area contributed by atoms with Crippen LogP contribution in [-0.2, 0) is 0 Å². The third kappa shape index (κ3) is 3.01. The van der Waals surface area contributed by atoms with Gasteiger partial charge in [0.05, 0.1) is 10.0 Å². The zero-order chi connectivity index (χ0) is 17.4. The standard InChI is InChI=1S/C23H17Cl2/c1-15-10-12-16(13-11-15)18-7-4-5-9-20(18)21-14-17-6-2-3-8-19(17)22(24)23(21)25/h2-4,6-14H,5H2,1H3. The van der Waals surface area contributed by atoms with Gasteiger partial charge in [0.25, 0.3) is 0 Å². The van der Waals surface area contributed by atoms with Crippen LogP contribution in [0.4, 0.5) is 0 Å². The van der Waals surface area contributed by atoms with Crippen LogP contribution in [0.2, 0.25) is 10.0 Å².